The standard InChI is InChI=1S/C35H46N4O5/c1-6-8-9-12-21-39(33(42)29(23-30(36)40)38-34(43)44-35(3,4)5)31(26-17-15-24(7-2)16-18-26)32(41)37-28-20-19-25-13-10-11-14-27(25)22-28/h10-11,13-20,22,29,31H,6-9,12,21,23H2,1-5H3,(H2,36,40)(H,37,41)(H,38,43). The Morgan fingerprint density at radius 2 is 1.57 bits per heavy atom. The minimum atomic E-state index is -1.32. The Bertz CT molecular complexity index is 1430. The Morgan fingerprint density at radius 3 is 2.18 bits per heavy atom. The van der Waals surface area contributed by atoms with Crippen molar-refractivity contribution in [1.82, 2.24) is 10.2 Å². The van der Waals surface area contributed by atoms with Crippen LogP contribution in [0.1, 0.15) is 83.9 Å². The molecular weight excluding hydrogens is 556 g/mol. The molecule has 0 aliphatic heterocycles. The van der Waals surface area contributed by atoms with Crippen molar-refractivity contribution in [2.75, 3.05) is 11.9 Å². The maximum Gasteiger partial charge on any atom is 0.408 e. The van der Waals surface area contributed by atoms with Crippen molar-refractivity contribution in [2.24, 2.45) is 5.73 Å². The molecule has 3 aromatic rings. The van der Waals surface area contributed by atoms with Gasteiger partial charge in [-0.25, -0.2) is 4.79 Å². The lowest BCUT2D eigenvalue weighted by Gasteiger charge is -2.34. The van der Waals surface area contributed by atoms with Gasteiger partial charge in [-0.05, 0) is 67.6 Å². The highest BCUT2D eigenvalue weighted by molar-refractivity contribution is 6.01. The van der Waals surface area contributed by atoms with Gasteiger partial charge in [-0.3, -0.25) is 14.4 Å². The zero-order chi connectivity index (χ0) is 32.3. The highest BCUT2D eigenvalue weighted by Gasteiger charge is 2.37. The summed E-state index contributed by atoms with van der Waals surface area (Å²) in [6, 6.07) is 18.7. The van der Waals surface area contributed by atoms with E-state index in [2.05, 4.69) is 17.6 Å². The lowest BCUT2D eigenvalue weighted by Crippen LogP contribution is -2.53. The molecule has 236 valence electrons. The lowest BCUT2D eigenvalue weighted by atomic mass is 9.99. The van der Waals surface area contributed by atoms with Crippen molar-refractivity contribution in [3.63, 3.8) is 0 Å². The fraction of sp³-hybridized carbons (Fsp3) is 0.429. The summed E-state index contributed by atoms with van der Waals surface area (Å²) in [5.74, 6) is -1.78. The summed E-state index contributed by atoms with van der Waals surface area (Å²) < 4.78 is 5.37. The zero-order valence-corrected chi connectivity index (χ0v) is 26.5. The number of aryl methyl sites for hydroxylation is 1. The molecule has 0 bridgehead atoms. The van der Waals surface area contributed by atoms with Crippen molar-refractivity contribution in [3.8, 4) is 0 Å². The van der Waals surface area contributed by atoms with Crippen molar-refractivity contribution in [1.29, 1.82) is 0 Å². The lowest BCUT2D eigenvalue weighted by molar-refractivity contribution is -0.142. The van der Waals surface area contributed by atoms with Crippen molar-refractivity contribution in [2.45, 2.75) is 90.8 Å². The largest absolute Gasteiger partial charge is 0.444 e. The minimum absolute atomic E-state index is 0.232. The first-order valence-electron chi connectivity index (χ1n) is 15.4. The molecule has 3 rings (SSSR count). The van der Waals surface area contributed by atoms with Gasteiger partial charge >= 0.3 is 6.09 Å². The first-order chi connectivity index (χ1) is 20.9. The molecule has 0 aliphatic carbocycles. The monoisotopic (exact) mass is 602 g/mol. The van der Waals surface area contributed by atoms with Crippen LogP contribution in [0.3, 0.4) is 0 Å². The van der Waals surface area contributed by atoms with Gasteiger partial charge in [0.25, 0.3) is 5.91 Å². The fourth-order valence-corrected chi connectivity index (χ4v) is 5.01. The summed E-state index contributed by atoms with van der Waals surface area (Å²) in [5, 5.41) is 7.55. The number of anilines is 1. The van der Waals surface area contributed by atoms with E-state index in [4.69, 9.17) is 10.5 Å². The average Bonchev–Trinajstić information content (AvgIpc) is 2.97. The van der Waals surface area contributed by atoms with Crippen LogP contribution in [-0.4, -0.2) is 46.9 Å². The number of nitrogens with one attached hydrogen (secondary N) is 2. The Kier molecular flexibility index (Phi) is 12.3. The number of alkyl carbamates (subject to hydrolysis) is 1. The number of hydrogen-bond acceptors (Lipinski definition) is 5. The number of ether oxygens (including phenoxy) is 1. The summed E-state index contributed by atoms with van der Waals surface area (Å²) in [7, 11) is 0. The quantitative estimate of drug-likeness (QED) is 0.188. The topological polar surface area (TPSA) is 131 Å². The molecule has 0 fully saturated rings. The van der Waals surface area contributed by atoms with Gasteiger partial charge in [-0.2, -0.15) is 0 Å². The number of primary amides is 1. The van der Waals surface area contributed by atoms with Crippen LogP contribution in [0.25, 0.3) is 10.8 Å². The molecule has 9 nitrogen and oxygen atoms in total. The molecule has 4 N–H and O–H groups in total. The molecule has 2 atom stereocenters. The second-order valence-corrected chi connectivity index (χ2v) is 12.0. The number of carbonyl (C=O) groups is 4. The normalized spacial score (nSPS) is 12.7. The van der Waals surface area contributed by atoms with Crippen molar-refractivity contribution >= 4 is 40.3 Å². The number of carbonyl (C=O) groups excluding carboxylic acids is 4. The van der Waals surface area contributed by atoms with Crippen LogP contribution in [0.15, 0.2) is 66.7 Å². The third kappa shape index (κ3) is 10.1. The number of unbranched alkanes of at least 4 members (excludes halogenated alkanes) is 3. The molecule has 0 aliphatic rings. The summed E-state index contributed by atoms with van der Waals surface area (Å²) in [5.41, 5.74) is 6.97. The highest BCUT2D eigenvalue weighted by Crippen LogP contribution is 2.27. The molecule has 44 heavy (non-hydrogen) atoms. The van der Waals surface area contributed by atoms with E-state index in [1.54, 1.807) is 20.8 Å². The van der Waals surface area contributed by atoms with Gasteiger partial charge in [0.15, 0.2) is 0 Å². The summed E-state index contributed by atoms with van der Waals surface area (Å²) in [6.45, 7) is 9.46. The number of rotatable bonds is 14. The smallest absolute Gasteiger partial charge is 0.408 e. The SMILES string of the molecule is CCCCCCN(C(=O)C(CC(N)=O)NC(=O)OC(C)(C)C)C(C(=O)Nc1ccc2ccccc2c1)c1ccc(CC)cc1. The van der Waals surface area contributed by atoms with E-state index in [1.165, 1.54) is 4.90 Å². The van der Waals surface area contributed by atoms with Crippen LogP contribution < -0.4 is 16.4 Å². The fourth-order valence-electron chi connectivity index (χ4n) is 5.01. The first-order valence-corrected chi connectivity index (χ1v) is 15.4. The molecule has 0 saturated heterocycles. The molecule has 3 aromatic carbocycles. The average molecular weight is 603 g/mol. The highest BCUT2D eigenvalue weighted by atomic mass is 16.6. The van der Waals surface area contributed by atoms with Crippen molar-refractivity contribution in [3.05, 3.63) is 77.9 Å². The summed E-state index contributed by atoms with van der Waals surface area (Å²) >= 11 is 0. The van der Waals surface area contributed by atoms with Crippen LogP contribution in [0, 0.1) is 0 Å². The van der Waals surface area contributed by atoms with E-state index in [1.807, 2.05) is 73.7 Å². The molecule has 9 heteroatoms. The number of benzene rings is 3. The predicted octanol–water partition coefficient (Wildman–Crippen LogP) is 6.26. The first kappa shape index (κ1) is 34.1. The molecule has 0 heterocycles. The molecule has 4 amide bonds. The van der Waals surface area contributed by atoms with Crippen LogP contribution in [0.2, 0.25) is 0 Å². The third-order valence-electron chi connectivity index (χ3n) is 7.21. The minimum Gasteiger partial charge on any atom is -0.444 e. The van der Waals surface area contributed by atoms with Crippen LogP contribution in [-0.2, 0) is 25.5 Å². The van der Waals surface area contributed by atoms with E-state index >= 15 is 0 Å². The maximum atomic E-state index is 14.3. The third-order valence-corrected chi connectivity index (χ3v) is 7.21. The van der Waals surface area contributed by atoms with Crippen molar-refractivity contribution < 1.29 is 23.9 Å². The molecule has 0 saturated carbocycles. The molecule has 0 radical (unpaired) electrons. The number of nitrogens with two attached hydrogens (primary N) is 1. The van der Waals surface area contributed by atoms with Gasteiger partial charge < -0.3 is 26.0 Å². The van der Waals surface area contributed by atoms with Gasteiger partial charge in [0.05, 0.1) is 6.42 Å². The van der Waals surface area contributed by atoms with Gasteiger partial charge in [0, 0.05) is 12.2 Å². The van der Waals surface area contributed by atoms with Gasteiger partial charge in [0.1, 0.15) is 17.7 Å². The van der Waals surface area contributed by atoms with Gasteiger partial charge in [-0.15, -0.1) is 0 Å². The van der Waals surface area contributed by atoms with E-state index in [-0.39, 0.29) is 6.54 Å². The number of fused-ring (bicyclic) bond motifs is 1. The second kappa shape index (κ2) is 15.9. The zero-order valence-electron chi connectivity index (χ0n) is 26.5. The van der Waals surface area contributed by atoms with Crippen LogP contribution >= 0.6 is 0 Å². The maximum absolute atomic E-state index is 14.3. The molecule has 2 unspecified atom stereocenters. The van der Waals surface area contributed by atoms with Gasteiger partial charge in [0.2, 0.25) is 11.8 Å². The van der Waals surface area contributed by atoms with E-state index in [0.717, 1.165) is 42.0 Å². The van der Waals surface area contributed by atoms with E-state index < -0.39 is 47.9 Å². The van der Waals surface area contributed by atoms with E-state index in [9.17, 15) is 19.2 Å². The number of amides is 4. The summed E-state index contributed by atoms with van der Waals surface area (Å²) in [4.78, 5) is 54.7. The Balaban J connectivity index is 2.04. The second-order valence-electron chi connectivity index (χ2n) is 12.0. The Morgan fingerprint density at radius 1 is 0.886 bits per heavy atom. The molecule has 0 aromatic heterocycles. The van der Waals surface area contributed by atoms with Crippen LogP contribution in [0.4, 0.5) is 10.5 Å². The molecular formula is C35H46N4O5. The van der Waals surface area contributed by atoms with Gasteiger partial charge in [-0.1, -0.05) is 87.7 Å². The van der Waals surface area contributed by atoms with Crippen LogP contribution in [0.5, 0.6) is 0 Å². The Labute approximate surface area is 260 Å². The predicted molar refractivity (Wildman–Crippen MR) is 174 cm³/mol. The summed E-state index contributed by atoms with van der Waals surface area (Å²) in [6.07, 6.45) is 2.93. The number of hydrogen-bond donors (Lipinski definition) is 3. The number of nitrogens with zero attached hydrogens (tertiary/aromatic N) is 1. The molecule has 0 spiro atoms. The Hall–Kier alpha value is -4.40. The van der Waals surface area contributed by atoms with E-state index in [0.29, 0.717) is 17.7 Å².